The van der Waals surface area contributed by atoms with Crippen molar-refractivity contribution in [2.75, 3.05) is 0 Å². The van der Waals surface area contributed by atoms with E-state index >= 15 is 0 Å². The minimum absolute atomic E-state index is 0.255. The van der Waals surface area contributed by atoms with Gasteiger partial charge in [-0.3, -0.25) is 9.55 Å². The second-order valence-corrected chi connectivity index (χ2v) is 15.4. The Morgan fingerprint density at radius 2 is 0.933 bits per heavy atom. The molecule has 2 heterocycles. The molecule has 270 valence electrons. The molecule has 0 unspecified atom stereocenters. The Hall–Kier alpha value is -6.78. The van der Waals surface area contributed by atoms with Crippen molar-refractivity contribution in [3.63, 3.8) is 0 Å². The van der Waals surface area contributed by atoms with Gasteiger partial charge in [-0.1, -0.05) is 157 Å². The largest absolute Gasteiger partial charge is 0.296 e. The minimum atomic E-state index is -1.95. The monoisotopic (exact) mass is 753 g/mol. The Morgan fingerprint density at radius 3 is 1.55 bits per heavy atom. The van der Waals surface area contributed by atoms with Crippen LogP contribution in [0.2, 0.25) is 5.11 Å². The van der Waals surface area contributed by atoms with Gasteiger partial charge in [0, 0.05) is 17.3 Å². The molecule has 0 aliphatic heterocycles. The standard InChI is InChI=1S/C52H32B5N3/c53-51(54,52(55,56)57)50-59-45-20-6-8-22-47(45)60(50)46-21-7-5-14-39(46)35-27-23-33(24-28-35)34-25-29-36(30-26-34)48-40-15-1-3-17-42(40)49(43-18-4-2-16-41(43)48)38-13-11-12-37(32-38)44-19-9-10-31-58-44/h1-32H. The molecule has 0 atom stereocenters. The maximum absolute atomic E-state index is 6.56. The summed E-state index contributed by atoms with van der Waals surface area (Å²) in [4.78, 5) is 9.41. The van der Waals surface area contributed by atoms with Crippen molar-refractivity contribution in [1.82, 2.24) is 14.5 Å². The fourth-order valence-electron chi connectivity index (χ4n) is 8.44. The Balaban J connectivity index is 1.02. The molecule has 0 aliphatic rings. The highest BCUT2D eigenvalue weighted by atomic mass is 15.1. The van der Waals surface area contributed by atoms with Crippen LogP contribution in [-0.2, 0) is 5.21 Å². The third-order valence-corrected chi connectivity index (χ3v) is 11.5. The summed E-state index contributed by atoms with van der Waals surface area (Å²) < 4.78 is 1.90. The van der Waals surface area contributed by atoms with Gasteiger partial charge in [0.2, 0.25) is 0 Å². The average Bonchev–Trinajstić information content (AvgIpc) is 3.69. The molecule has 0 aliphatic carbocycles. The first-order valence-electron chi connectivity index (χ1n) is 19.9. The lowest BCUT2D eigenvalue weighted by atomic mass is 9.23. The quantitative estimate of drug-likeness (QED) is 0.114. The topological polar surface area (TPSA) is 30.7 Å². The van der Waals surface area contributed by atoms with Gasteiger partial charge in [0.05, 0.1) is 61.6 Å². The summed E-state index contributed by atoms with van der Waals surface area (Å²) in [5.74, 6) is 0.255. The smallest absolute Gasteiger partial charge is 0.101 e. The van der Waals surface area contributed by atoms with E-state index in [0.717, 1.165) is 55.8 Å². The van der Waals surface area contributed by atoms with Crippen LogP contribution in [0.5, 0.6) is 0 Å². The lowest BCUT2D eigenvalue weighted by Crippen LogP contribution is -2.45. The highest BCUT2D eigenvalue weighted by Gasteiger charge is 2.37. The predicted molar refractivity (Wildman–Crippen MR) is 254 cm³/mol. The first-order chi connectivity index (χ1) is 29.2. The first kappa shape index (κ1) is 37.5. The number of fused-ring (bicyclic) bond motifs is 3. The number of benzene rings is 8. The van der Waals surface area contributed by atoms with E-state index in [0.29, 0.717) is 5.52 Å². The molecule has 10 radical (unpaired) electrons. The van der Waals surface area contributed by atoms with Crippen LogP contribution in [0.1, 0.15) is 5.82 Å². The molecule has 60 heavy (non-hydrogen) atoms. The van der Waals surface area contributed by atoms with Gasteiger partial charge in [0.1, 0.15) is 5.82 Å². The molecule has 0 N–H and O–H groups in total. The molecule has 8 aromatic carbocycles. The number of rotatable bonds is 8. The molecule has 0 saturated carbocycles. The van der Waals surface area contributed by atoms with Crippen molar-refractivity contribution in [2.45, 2.75) is 10.3 Å². The maximum atomic E-state index is 6.56. The Bertz CT molecular complexity index is 3150. The summed E-state index contributed by atoms with van der Waals surface area (Å²) in [7, 11) is 31.5. The molecule has 0 spiro atoms. The number of aromatic nitrogens is 3. The summed E-state index contributed by atoms with van der Waals surface area (Å²) in [5.41, 5.74) is 13.2. The van der Waals surface area contributed by atoms with E-state index in [1.54, 1.807) is 0 Å². The van der Waals surface area contributed by atoms with E-state index in [1.807, 2.05) is 65.4 Å². The third kappa shape index (κ3) is 6.39. The van der Waals surface area contributed by atoms with E-state index in [-0.39, 0.29) is 5.82 Å². The van der Waals surface area contributed by atoms with Gasteiger partial charge in [0.15, 0.2) is 0 Å². The van der Waals surface area contributed by atoms with E-state index < -0.39 is 10.3 Å². The number of imidazole rings is 1. The van der Waals surface area contributed by atoms with Crippen molar-refractivity contribution < 1.29 is 0 Å². The molecule has 2 aromatic heterocycles. The average molecular weight is 753 g/mol. The first-order valence-corrected chi connectivity index (χ1v) is 19.9. The fourth-order valence-corrected chi connectivity index (χ4v) is 8.44. The second-order valence-electron chi connectivity index (χ2n) is 15.4. The van der Waals surface area contributed by atoms with Crippen LogP contribution in [0.15, 0.2) is 194 Å². The van der Waals surface area contributed by atoms with Crippen molar-refractivity contribution in [3.05, 3.63) is 200 Å². The minimum Gasteiger partial charge on any atom is -0.296 e. The van der Waals surface area contributed by atoms with Crippen molar-refractivity contribution in [3.8, 4) is 61.5 Å². The predicted octanol–water partition coefficient (Wildman–Crippen LogP) is 11.1. The normalized spacial score (nSPS) is 12.0. The molecule has 0 amide bonds. The molecule has 0 fully saturated rings. The second kappa shape index (κ2) is 14.8. The summed E-state index contributed by atoms with van der Waals surface area (Å²) in [6.45, 7) is 0. The Kier molecular flexibility index (Phi) is 9.25. The number of pyridine rings is 1. The number of hydrogen-bond acceptors (Lipinski definition) is 2. The summed E-state index contributed by atoms with van der Waals surface area (Å²) in [6, 6.07) is 65.3. The molecular weight excluding hydrogens is 721 g/mol. The van der Waals surface area contributed by atoms with Crippen molar-refractivity contribution >= 4 is 71.8 Å². The maximum Gasteiger partial charge on any atom is 0.101 e. The summed E-state index contributed by atoms with van der Waals surface area (Å²) in [6.07, 6.45) is 1.84. The number of para-hydroxylation sites is 3. The van der Waals surface area contributed by atoms with Gasteiger partial charge in [-0.15, -0.1) is 5.11 Å². The van der Waals surface area contributed by atoms with Crippen LogP contribution in [0.25, 0.3) is 94.0 Å². The van der Waals surface area contributed by atoms with Crippen LogP contribution in [0.3, 0.4) is 0 Å². The van der Waals surface area contributed by atoms with E-state index in [9.17, 15) is 0 Å². The number of nitrogens with zero attached hydrogens (tertiary/aromatic N) is 3. The van der Waals surface area contributed by atoms with Gasteiger partial charge in [-0.2, -0.15) is 0 Å². The Labute approximate surface area is 356 Å². The van der Waals surface area contributed by atoms with Crippen LogP contribution < -0.4 is 0 Å². The van der Waals surface area contributed by atoms with Gasteiger partial charge in [0.25, 0.3) is 0 Å². The highest BCUT2D eigenvalue weighted by molar-refractivity contribution is 6.67. The van der Waals surface area contributed by atoms with Crippen LogP contribution >= 0.6 is 0 Å². The van der Waals surface area contributed by atoms with Gasteiger partial charge in [-0.05, 0) is 96.9 Å². The molecule has 0 saturated heterocycles. The molecule has 0 bridgehead atoms. The molecule has 8 heteroatoms. The number of hydrogen-bond donors (Lipinski definition) is 0. The van der Waals surface area contributed by atoms with Crippen molar-refractivity contribution in [1.29, 1.82) is 0 Å². The van der Waals surface area contributed by atoms with Crippen LogP contribution in [-0.4, -0.2) is 53.8 Å². The van der Waals surface area contributed by atoms with E-state index in [4.69, 9.17) is 44.2 Å². The SMILES string of the molecule is [B]C([B])([B])C([B])([B])c1nc2ccccc2n1-c1ccccc1-c1ccc(-c2ccc(-c3c4ccccc4c(-c4cccc(-c5ccccn5)c4)c4ccccc34)cc2)cc1. The third-order valence-electron chi connectivity index (χ3n) is 11.5. The lowest BCUT2D eigenvalue weighted by molar-refractivity contribution is 0.757. The summed E-state index contributed by atoms with van der Waals surface area (Å²) >= 11 is 0. The van der Waals surface area contributed by atoms with E-state index in [2.05, 4.69) is 138 Å². The zero-order valence-corrected chi connectivity index (χ0v) is 32.7. The molecule has 3 nitrogen and oxygen atoms in total. The molecular formula is C52H32B5N3. The van der Waals surface area contributed by atoms with Gasteiger partial charge in [-0.25, -0.2) is 4.98 Å². The van der Waals surface area contributed by atoms with Crippen molar-refractivity contribution in [2.24, 2.45) is 0 Å². The van der Waals surface area contributed by atoms with E-state index in [1.165, 1.54) is 32.7 Å². The highest BCUT2D eigenvalue weighted by Crippen LogP contribution is 2.45. The fraction of sp³-hybridized carbons (Fsp3) is 0.0385. The lowest BCUT2D eigenvalue weighted by Gasteiger charge is -2.41. The Morgan fingerprint density at radius 1 is 0.417 bits per heavy atom. The molecule has 10 aromatic rings. The molecule has 10 rings (SSSR count). The van der Waals surface area contributed by atoms with Crippen LogP contribution in [0.4, 0.5) is 0 Å². The zero-order chi connectivity index (χ0) is 41.0. The van der Waals surface area contributed by atoms with Gasteiger partial charge < -0.3 is 0 Å². The zero-order valence-electron chi connectivity index (χ0n) is 32.7. The van der Waals surface area contributed by atoms with Gasteiger partial charge >= 0.3 is 0 Å². The van der Waals surface area contributed by atoms with Crippen LogP contribution in [0, 0.1) is 0 Å². The summed E-state index contributed by atoms with van der Waals surface area (Å²) in [5, 5.41) is 1.01.